The Kier molecular flexibility index (Phi) is 2.42. The SMILES string of the molecule is OB(O)c1cc2cccc(Br)c2s1. The predicted octanol–water partition coefficient (Wildman–Crippen LogP) is 1.34. The highest BCUT2D eigenvalue weighted by atomic mass is 79.9. The summed E-state index contributed by atoms with van der Waals surface area (Å²) in [5, 5.41) is 19.0. The third-order valence-corrected chi connectivity index (χ3v) is 3.92. The van der Waals surface area contributed by atoms with Crippen molar-refractivity contribution >= 4 is 49.2 Å². The number of rotatable bonds is 1. The van der Waals surface area contributed by atoms with Gasteiger partial charge in [0.2, 0.25) is 0 Å². The molecule has 13 heavy (non-hydrogen) atoms. The fourth-order valence-corrected chi connectivity index (χ4v) is 2.74. The van der Waals surface area contributed by atoms with E-state index in [1.165, 1.54) is 11.3 Å². The van der Waals surface area contributed by atoms with Crippen molar-refractivity contribution in [2.75, 3.05) is 0 Å². The van der Waals surface area contributed by atoms with Crippen LogP contribution in [0.5, 0.6) is 0 Å². The van der Waals surface area contributed by atoms with E-state index in [2.05, 4.69) is 15.9 Å². The van der Waals surface area contributed by atoms with Gasteiger partial charge in [-0.25, -0.2) is 0 Å². The van der Waals surface area contributed by atoms with Gasteiger partial charge in [-0.1, -0.05) is 12.1 Å². The molecule has 0 saturated carbocycles. The Labute approximate surface area is 88.1 Å². The molecule has 2 nitrogen and oxygen atoms in total. The molecular weight excluding hydrogens is 251 g/mol. The van der Waals surface area contributed by atoms with Crippen molar-refractivity contribution in [3.63, 3.8) is 0 Å². The topological polar surface area (TPSA) is 40.5 Å². The van der Waals surface area contributed by atoms with Gasteiger partial charge in [-0.3, -0.25) is 0 Å². The van der Waals surface area contributed by atoms with Crippen LogP contribution in [0.2, 0.25) is 0 Å². The van der Waals surface area contributed by atoms with Gasteiger partial charge in [0.25, 0.3) is 0 Å². The van der Waals surface area contributed by atoms with Crippen LogP contribution in [-0.2, 0) is 0 Å². The Morgan fingerprint density at radius 1 is 1.31 bits per heavy atom. The predicted molar refractivity (Wildman–Crippen MR) is 59.4 cm³/mol. The molecule has 2 rings (SSSR count). The van der Waals surface area contributed by atoms with Crippen LogP contribution in [0.4, 0.5) is 0 Å². The average Bonchev–Trinajstić information content (AvgIpc) is 2.49. The third kappa shape index (κ3) is 1.65. The molecular formula is C8H6BBrO2S. The number of fused-ring (bicyclic) bond motifs is 1. The lowest BCUT2D eigenvalue weighted by Gasteiger charge is -1.90. The molecule has 1 aromatic carbocycles. The van der Waals surface area contributed by atoms with Gasteiger partial charge in [0.1, 0.15) is 0 Å². The zero-order valence-electron chi connectivity index (χ0n) is 6.57. The van der Waals surface area contributed by atoms with Crippen LogP contribution in [0.25, 0.3) is 10.1 Å². The lowest BCUT2D eigenvalue weighted by atomic mass is 9.89. The molecule has 0 aliphatic carbocycles. The maximum Gasteiger partial charge on any atom is 0.499 e. The molecule has 0 bridgehead atoms. The second kappa shape index (κ2) is 3.42. The third-order valence-electron chi connectivity index (χ3n) is 1.77. The highest BCUT2D eigenvalue weighted by Crippen LogP contribution is 2.27. The van der Waals surface area contributed by atoms with Crippen LogP contribution in [0, 0.1) is 0 Å². The quantitative estimate of drug-likeness (QED) is 0.757. The van der Waals surface area contributed by atoms with E-state index in [0.717, 1.165) is 14.6 Å². The summed E-state index contributed by atoms with van der Waals surface area (Å²) < 4.78 is 2.61. The Hall–Kier alpha value is -0.355. The monoisotopic (exact) mass is 256 g/mol. The van der Waals surface area contributed by atoms with E-state index in [1.54, 1.807) is 6.07 Å². The maximum atomic E-state index is 8.97. The molecule has 2 N–H and O–H groups in total. The molecule has 0 spiro atoms. The lowest BCUT2D eigenvalue weighted by molar-refractivity contribution is 0.427. The van der Waals surface area contributed by atoms with Crippen LogP contribution in [0.15, 0.2) is 28.7 Å². The summed E-state index contributed by atoms with van der Waals surface area (Å²) in [7, 11) is -1.37. The average molecular weight is 257 g/mol. The molecule has 0 unspecified atom stereocenters. The molecule has 5 heteroatoms. The van der Waals surface area contributed by atoms with E-state index in [0.29, 0.717) is 4.78 Å². The van der Waals surface area contributed by atoms with Crippen LogP contribution < -0.4 is 4.78 Å². The number of benzene rings is 1. The minimum Gasteiger partial charge on any atom is -0.423 e. The molecule has 2 aromatic rings. The smallest absolute Gasteiger partial charge is 0.423 e. The van der Waals surface area contributed by atoms with E-state index in [9.17, 15) is 0 Å². The maximum absolute atomic E-state index is 8.97. The lowest BCUT2D eigenvalue weighted by Crippen LogP contribution is -2.26. The van der Waals surface area contributed by atoms with E-state index >= 15 is 0 Å². The first kappa shape index (κ1) is 9.21. The first-order valence-corrected chi connectivity index (χ1v) is 5.33. The van der Waals surface area contributed by atoms with Crippen molar-refractivity contribution in [1.29, 1.82) is 0 Å². The number of halogens is 1. The molecule has 1 heterocycles. The van der Waals surface area contributed by atoms with E-state index in [-0.39, 0.29) is 0 Å². The van der Waals surface area contributed by atoms with Gasteiger partial charge in [-0.15, -0.1) is 11.3 Å². The van der Waals surface area contributed by atoms with Crippen LogP contribution in [0.3, 0.4) is 0 Å². The van der Waals surface area contributed by atoms with E-state index in [1.807, 2.05) is 18.2 Å². The summed E-state index contributed by atoms with van der Waals surface area (Å²) in [5.41, 5.74) is 0. The van der Waals surface area contributed by atoms with Gasteiger partial charge in [0.15, 0.2) is 0 Å². The van der Waals surface area contributed by atoms with Gasteiger partial charge in [0.05, 0.1) is 0 Å². The molecule has 66 valence electrons. The second-order valence-corrected chi connectivity index (χ2v) is 4.62. The molecule has 0 aliphatic rings. The van der Waals surface area contributed by atoms with Crippen LogP contribution >= 0.6 is 27.3 Å². The molecule has 0 atom stereocenters. The number of hydrogen-bond donors (Lipinski definition) is 2. The Morgan fingerprint density at radius 3 is 2.69 bits per heavy atom. The van der Waals surface area contributed by atoms with Crippen molar-refractivity contribution in [2.24, 2.45) is 0 Å². The fraction of sp³-hybridized carbons (Fsp3) is 0. The zero-order valence-corrected chi connectivity index (χ0v) is 8.97. The van der Waals surface area contributed by atoms with E-state index in [4.69, 9.17) is 10.0 Å². The molecule has 0 aliphatic heterocycles. The summed E-state index contributed by atoms with van der Waals surface area (Å²) >= 11 is 4.79. The summed E-state index contributed by atoms with van der Waals surface area (Å²) in [6, 6.07) is 7.59. The highest BCUT2D eigenvalue weighted by Gasteiger charge is 2.15. The van der Waals surface area contributed by atoms with Gasteiger partial charge < -0.3 is 10.0 Å². The van der Waals surface area contributed by atoms with Crippen LogP contribution in [0.1, 0.15) is 0 Å². The first-order chi connectivity index (χ1) is 6.18. The Balaban J connectivity index is 2.68. The molecule has 0 fully saturated rings. The van der Waals surface area contributed by atoms with Gasteiger partial charge >= 0.3 is 7.12 Å². The van der Waals surface area contributed by atoms with E-state index < -0.39 is 7.12 Å². The first-order valence-electron chi connectivity index (χ1n) is 3.72. The summed E-state index contributed by atoms with van der Waals surface area (Å²) in [5.74, 6) is 0. The fourth-order valence-electron chi connectivity index (χ4n) is 1.17. The summed E-state index contributed by atoms with van der Waals surface area (Å²) in [4.78, 5) is 0. The molecule has 0 radical (unpaired) electrons. The van der Waals surface area contributed by atoms with Crippen molar-refractivity contribution in [1.82, 2.24) is 0 Å². The normalized spacial score (nSPS) is 10.7. The minimum atomic E-state index is -1.37. The minimum absolute atomic E-state index is 0.571. The zero-order chi connectivity index (χ0) is 9.42. The highest BCUT2D eigenvalue weighted by molar-refractivity contribution is 9.10. The number of hydrogen-bond acceptors (Lipinski definition) is 3. The molecule has 0 saturated heterocycles. The summed E-state index contributed by atoms with van der Waals surface area (Å²) in [6.07, 6.45) is 0. The number of thiophene rings is 1. The molecule has 0 amide bonds. The largest absolute Gasteiger partial charge is 0.499 e. The van der Waals surface area contributed by atoms with Gasteiger partial charge in [-0.05, 0) is 33.4 Å². The Morgan fingerprint density at radius 2 is 2.08 bits per heavy atom. The second-order valence-electron chi connectivity index (χ2n) is 2.68. The van der Waals surface area contributed by atoms with Crippen molar-refractivity contribution in [3.05, 3.63) is 28.7 Å². The Bertz CT molecular complexity index is 441. The van der Waals surface area contributed by atoms with Gasteiger partial charge in [0, 0.05) is 13.9 Å². The van der Waals surface area contributed by atoms with Gasteiger partial charge in [-0.2, -0.15) is 0 Å². The molecule has 1 aromatic heterocycles. The van der Waals surface area contributed by atoms with Crippen LogP contribution in [-0.4, -0.2) is 17.2 Å². The standard InChI is InChI=1S/C8H6BBrO2S/c10-6-3-1-2-5-4-7(9(11)12)13-8(5)6/h1-4,11-12H. The van der Waals surface area contributed by atoms with Crippen molar-refractivity contribution in [3.8, 4) is 0 Å². The summed E-state index contributed by atoms with van der Waals surface area (Å²) in [6.45, 7) is 0. The van der Waals surface area contributed by atoms with Crippen molar-refractivity contribution in [2.45, 2.75) is 0 Å². The van der Waals surface area contributed by atoms with Crippen molar-refractivity contribution < 1.29 is 10.0 Å².